The van der Waals surface area contributed by atoms with E-state index in [1.165, 1.54) is 23.8 Å². The zero-order valence-corrected chi connectivity index (χ0v) is 20.0. The van der Waals surface area contributed by atoms with E-state index in [0.29, 0.717) is 24.0 Å². The van der Waals surface area contributed by atoms with Gasteiger partial charge in [0.25, 0.3) is 0 Å². The summed E-state index contributed by atoms with van der Waals surface area (Å²) in [5.41, 5.74) is 5.34. The van der Waals surface area contributed by atoms with Gasteiger partial charge in [0.1, 0.15) is 5.92 Å². The van der Waals surface area contributed by atoms with E-state index in [1.807, 2.05) is 18.2 Å². The molecule has 7 heteroatoms. The van der Waals surface area contributed by atoms with E-state index in [4.69, 9.17) is 21.3 Å². The Bertz CT molecular complexity index is 1310. The average molecular weight is 468 g/mol. The number of thiazole rings is 1. The first-order valence-corrected chi connectivity index (χ1v) is 12.1. The Labute approximate surface area is 196 Å². The van der Waals surface area contributed by atoms with E-state index in [0.717, 1.165) is 39.2 Å². The maximum atomic E-state index is 12.8. The molecule has 1 unspecified atom stereocenters. The number of fused-ring (bicyclic) bond motifs is 4. The van der Waals surface area contributed by atoms with Crippen LogP contribution in [-0.2, 0) is 22.5 Å². The highest BCUT2D eigenvalue weighted by Crippen LogP contribution is 2.40. The molecule has 4 aromatic rings. The minimum absolute atomic E-state index is 0.242. The first kappa shape index (κ1) is 21.3. The molecule has 0 bridgehead atoms. The van der Waals surface area contributed by atoms with Crippen LogP contribution in [0, 0.1) is 5.92 Å². The molecule has 3 heterocycles. The fourth-order valence-corrected chi connectivity index (χ4v) is 5.72. The van der Waals surface area contributed by atoms with Crippen molar-refractivity contribution in [1.82, 2.24) is 9.97 Å². The minimum Gasteiger partial charge on any atom is -0.468 e. The molecule has 1 aliphatic rings. The van der Waals surface area contributed by atoms with E-state index in [-0.39, 0.29) is 5.97 Å². The smallest absolute Gasteiger partial charge is 0.315 e. The highest BCUT2D eigenvalue weighted by atomic mass is 35.5. The van der Waals surface area contributed by atoms with Crippen LogP contribution in [0.2, 0.25) is 5.02 Å². The van der Waals surface area contributed by atoms with Crippen molar-refractivity contribution in [2.75, 3.05) is 18.6 Å². The van der Waals surface area contributed by atoms with Gasteiger partial charge in [0, 0.05) is 28.2 Å². The minimum atomic E-state index is -0.399. The number of hydrogen-bond donors (Lipinski definition) is 1. The number of anilines is 1. The average Bonchev–Trinajstić information content (AvgIpc) is 3.37. The molecule has 0 saturated heterocycles. The third kappa shape index (κ3) is 3.86. The predicted octanol–water partition coefficient (Wildman–Crippen LogP) is 6.30. The lowest BCUT2D eigenvalue weighted by molar-refractivity contribution is -0.142. The summed E-state index contributed by atoms with van der Waals surface area (Å²) in [5.74, 6) is 0.0465. The fourth-order valence-electron chi connectivity index (χ4n) is 4.51. The van der Waals surface area contributed by atoms with Crippen LogP contribution in [0.15, 0.2) is 36.4 Å². The number of esters is 1. The molecule has 5 rings (SSSR count). The number of nitrogens with zero attached hydrogens (tertiary/aromatic N) is 2. The summed E-state index contributed by atoms with van der Waals surface area (Å²) < 4.78 is 6.36. The maximum Gasteiger partial charge on any atom is 0.315 e. The van der Waals surface area contributed by atoms with Crippen LogP contribution >= 0.6 is 22.9 Å². The topological polar surface area (TPSA) is 58.2 Å². The van der Waals surface area contributed by atoms with Crippen molar-refractivity contribution in [3.8, 4) is 0 Å². The molecule has 0 amide bonds. The first-order valence-electron chi connectivity index (χ1n) is 10.9. The number of ether oxygens (including phenoxy) is 1. The highest BCUT2D eigenvalue weighted by molar-refractivity contribution is 7.22. The maximum absolute atomic E-state index is 12.8. The number of benzene rings is 2. The molecular weight excluding hydrogens is 442 g/mol. The van der Waals surface area contributed by atoms with Crippen LogP contribution in [0.25, 0.3) is 21.1 Å². The standard InChI is InChI=1S/C25H26ClN3O2S/c1-14(2)4-5-15-6-8-20-22(10-15)32-25(28-20)29-12-18(24(30)31-3)23-17-11-16(26)7-9-19(17)27-21(23)13-29/h6-11,14,18,27H,4-5,12-13H2,1-3H3. The molecule has 1 atom stereocenters. The van der Waals surface area contributed by atoms with Gasteiger partial charge in [-0.05, 0) is 60.2 Å². The van der Waals surface area contributed by atoms with E-state index in [1.54, 1.807) is 11.3 Å². The highest BCUT2D eigenvalue weighted by Gasteiger charge is 2.35. The molecule has 0 aliphatic carbocycles. The Balaban J connectivity index is 1.51. The molecule has 0 saturated carbocycles. The quantitative estimate of drug-likeness (QED) is 0.350. The molecule has 0 spiro atoms. The summed E-state index contributed by atoms with van der Waals surface area (Å²) in [6, 6.07) is 12.3. The summed E-state index contributed by atoms with van der Waals surface area (Å²) >= 11 is 7.94. The van der Waals surface area contributed by atoms with Crippen molar-refractivity contribution < 1.29 is 9.53 Å². The van der Waals surface area contributed by atoms with E-state index >= 15 is 0 Å². The first-order chi connectivity index (χ1) is 15.4. The molecule has 2 aromatic heterocycles. The number of hydrogen-bond acceptors (Lipinski definition) is 5. The Hall–Kier alpha value is -2.57. The van der Waals surface area contributed by atoms with Gasteiger partial charge in [0.15, 0.2) is 5.13 Å². The van der Waals surface area contributed by atoms with Gasteiger partial charge in [-0.3, -0.25) is 4.79 Å². The number of aryl methyl sites for hydroxylation is 1. The monoisotopic (exact) mass is 467 g/mol. The summed E-state index contributed by atoms with van der Waals surface area (Å²) in [4.78, 5) is 23.3. The number of H-pyrrole nitrogens is 1. The van der Waals surface area contributed by atoms with Gasteiger partial charge in [0.2, 0.25) is 0 Å². The number of halogens is 1. The Kier molecular flexibility index (Phi) is 5.59. The number of aromatic amines is 1. The predicted molar refractivity (Wildman–Crippen MR) is 132 cm³/mol. The SMILES string of the molecule is COC(=O)C1CN(c2nc3ccc(CCC(C)C)cc3s2)Cc2[nH]c3ccc(Cl)cc3c21. The Morgan fingerprint density at radius 1 is 1.31 bits per heavy atom. The molecule has 2 aromatic carbocycles. The molecule has 5 nitrogen and oxygen atoms in total. The molecule has 166 valence electrons. The Morgan fingerprint density at radius 2 is 2.16 bits per heavy atom. The number of carbonyl (C=O) groups is 1. The van der Waals surface area contributed by atoms with E-state index < -0.39 is 5.92 Å². The Morgan fingerprint density at radius 3 is 2.94 bits per heavy atom. The van der Waals surface area contributed by atoms with Gasteiger partial charge in [-0.15, -0.1) is 0 Å². The summed E-state index contributed by atoms with van der Waals surface area (Å²) in [6.45, 7) is 5.70. The number of rotatable bonds is 5. The van der Waals surface area contributed by atoms with E-state index in [9.17, 15) is 4.79 Å². The summed E-state index contributed by atoms with van der Waals surface area (Å²) in [6.07, 6.45) is 2.26. The third-order valence-electron chi connectivity index (χ3n) is 6.19. The molecule has 32 heavy (non-hydrogen) atoms. The third-order valence-corrected chi connectivity index (χ3v) is 7.51. The van der Waals surface area contributed by atoms with Crippen LogP contribution in [-0.4, -0.2) is 29.6 Å². The second kappa shape index (κ2) is 8.41. The van der Waals surface area contributed by atoms with Gasteiger partial charge < -0.3 is 14.6 Å². The zero-order chi connectivity index (χ0) is 22.4. The van der Waals surface area contributed by atoms with Gasteiger partial charge >= 0.3 is 5.97 Å². The molecular formula is C25H26ClN3O2S. The van der Waals surface area contributed by atoms with Crippen molar-refractivity contribution in [3.63, 3.8) is 0 Å². The molecule has 0 radical (unpaired) electrons. The van der Waals surface area contributed by atoms with Gasteiger partial charge in [-0.1, -0.05) is 42.9 Å². The normalized spacial score (nSPS) is 16.2. The van der Waals surface area contributed by atoms with Crippen LogP contribution in [0.1, 0.15) is 43.0 Å². The fraction of sp³-hybridized carbons (Fsp3) is 0.360. The second-order valence-corrected chi connectivity index (χ2v) is 10.3. The number of aromatic nitrogens is 2. The van der Waals surface area contributed by atoms with Crippen molar-refractivity contribution >= 4 is 55.2 Å². The second-order valence-electron chi connectivity index (χ2n) is 8.89. The molecule has 1 aliphatic heterocycles. The lowest BCUT2D eigenvalue weighted by atomic mass is 9.92. The number of carbonyl (C=O) groups excluding carboxylic acids is 1. The summed E-state index contributed by atoms with van der Waals surface area (Å²) in [7, 11) is 1.44. The van der Waals surface area contributed by atoms with Crippen LogP contribution in [0.4, 0.5) is 5.13 Å². The van der Waals surface area contributed by atoms with Gasteiger partial charge in [-0.25, -0.2) is 4.98 Å². The zero-order valence-electron chi connectivity index (χ0n) is 18.4. The largest absolute Gasteiger partial charge is 0.468 e. The van der Waals surface area contributed by atoms with Crippen LogP contribution in [0.5, 0.6) is 0 Å². The lowest BCUT2D eigenvalue weighted by Crippen LogP contribution is -2.37. The molecule has 1 N–H and O–H groups in total. The summed E-state index contributed by atoms with van der Waals surface area (Å²) in [5, 5.41) is 2.57. The lowest BCUT2D eigenvalue weighted by Gasteiger charge is -2.31. The number of nitrogens with one attached hydrogen (secondary N) is 1. The van der Waals surface area contributed by atoms with Gasteiger partial charge in [0.05, 0.1) is 23.9 Å². The molecule has 0 fully saturated rings. The van der Waals surface area contributed by atoms with Crippen molar-refractivity contribution in [2.45, 2.75) is 39.2 Å². The van der Waals surface area contributed by atoms with Crippen molar-refractivity contribution in [1.29, 1.82) is 0 Å². The van der Waals surface area contributed by atoms with Crippen molar-refractivity contribution in [3.05, 3.63) is 58.2 Å². The van der Waals surface area contributed by atoms with Gasteiger partial charge in [-0.2, -0.15) is 0 Å². The van der Waals surface area contributed by atoms with Crippen LogP contribution in [0.3, 0.4) is 0 Å². The van der Waals surface area contributed by atoms with Crippen LogP contribution < -0.4 is 4.90 Å². The van der Waals surface area contributed by atoms with E-state index in [2.05, 4.69) is 41.9 Å². The number of methoxy groups -OCH3 is 1. The van der Waals surface area contributed by atoms with Crippen molar-refractivity contribution in [2.24, 2.45) is 5.92 Å².